The van der Waals surface area contributed by atoms with Crippen molar-refractivity contribution < 1.29 is 19.0 Å². The monoisotopic (exact) mass is 394 g/mol. The molecule has 2 aromatic rings. The number of benzene rings is 2. The lowest BCUT2D eigenvalue weighted by molar-refractivity contribution is 0.108. The third kappa shape index (κ3) is 5.36. The molecule has 0 fully saturated rings. The van der Waals surface area contributed by atoms with E-state index in [0.29, 0.717) is 35.3 Å². The first kappa shape index (κ1) is 20.5. The van der Waals surface area contributed by atoms with Crippen molar-refractivity contribution in [2.45, 2.75) is 26.7 Å². The Morgan fingerprint density at radius 2 is 1.77 bits per heavy atom. The first-order valence-electron chi connectivity index (χ1n) is 8.64. The maximum atomic E-state index is 12.9. The highest BCUT2D eigenvalue weighted by Crippen LogP contribution is 2.34. The Morgan fingerprint density at radius 3 is 2.46 bits per heavy atom. The van der Waals surface area contributed by atoms with Crippen molar-refractivity contribution in [1.82, 2.24) is 0 Å². The minimum Gasteiger partial charge on any atom is -0.496 e. The molecule has 2 rings (SSSR count). The highest BCUT2D eigenvalue weighted by Gasteiger charge is 2.19. The highest BCUT2D eigenvalue weighted by atomic mass is 35.5. The van der Waals surface area contributed by atoms with Gasteiger partial charge < -0.3 is 14.2 Å². The summed E-state index contributed by atoms with van der Waals surface area (Å²) in [5.41, 5.74) is 0.318. The van der Waals surface area contributed by atoms with E-state index >= 15 is 0 Å². The van der Waals surface area contributed by atoms with E-state index in [0.717, 1.165) is 23.9 Å². The zero-order chi connectivity index (χ0) is 18.9. The molecular weight excluding hydrogens is 371 g/mol. The molecule has 4 nitrogen and oxygen atoms in total. The molecule has 26 heavy (non-hydrogen) atoms. The molecule has 0 radical (unpaired) electrons. The van der Waals surface area contributed by atoms with Crippen LogP contribution in [0.25, 0.3) is 0 Å². The molecule has 0 spiro atoms. The van der Waals surface area contributed by atoms with E-state index in [9.17, 15) is 4.79 Å². The van der Waals surface area contributed by atoms with Crippen LogP contribution in [0, 0.1) is 0 Å². The van der Waals surface area contributed by atoms with Crippen molar-refractivity contribution in [3.63, 3.8) is 0 Å². The topological polar surface area (TPSA) is 44.8 Å². The first-order valence-corrected chi connectivity index (χ1v) is 10.0. The molecule has 0 N–H and O–H groups in total. The number of rotatable bonds is 10. The Balaban J connectivity index is 2.28. The molecule has 0 amide bonds. The SMILES string of the molecule is CCCOc1ccc(PC(=O)c2c(Cl)cccc2OC)c(OCCC)c1. The molecule has 0 saturated carbocycles. The van der Waals surface area contributed by atoms with E-state index in [1.54, 1.807) is 18.2 Å². The first-order chi connectivity index (χ1) is 12.6. The summed E-state index contributed by atoms with van der Waals surface area (Å²) in [5.74, 6) is 1.90. The van der Waals surface area contributed by atoms with Crippen LogP contribution in [0.3, 0.4) is 0 Å². The molecule has 2 aromatic carbocycles. The van der Waals surface area contributed by atoms with Gasteiger partial charge in [0.15, 0.2) is 5.52 Å². The van der Waals surface area contributed by atoms with E-state index < -0.39 is 0 Å². The van der Waals surface area contributed by atoms with Gasteiger partial charge in [-0.05, 0) is 45.7 Å². The molecule has 0 aliphatic heterocycles. The van der Waals surface area contributed by atoms with Gasteiger partial charge in [0, 0.05) is 11.4 Å². The lowest BCUT2D eigenvalue weighted by atomic mass is 10.2. The molecule has 0 aliphatic rings. The summed E-state index contributed by atoms with van der Waals surface area (Å²) in [6.07, 6.45) is 1.81. The third-order valence-corrected chi connectivity index (χ3v) is 5.03. The summed E-state index contributed by atoms with van der Waals surface area (Å²) < 4.78 is 16.8. The number of methoxy groups -OCH3 is 1. The molecule has 0 saturated heterocycles. The van der Waals surface area contributed by atoms with Gasteiger partial charge >= 0.3 is 0 Å². The number of halogens is 1. The second-order valence-corrected chi connectivity index (χ2v) is 7.28. The van der Waals surface area contributed by atoms with Crippen LogP contribution in [0.15, 0.2) is 36.4 Å². The van der Waals surface area contributed by atoms with Gasteiger partial charge in [0.25, 0.3) is 0 Å². The molecule has 0 aliphatic carbocycles. The minimum absolute atomic E-state index is 0.0870. The fourth-order valence-electron chi connectivity index (χ4n) is 2.33. The van der Waals surface area contributed by atoms with Gasteiger partial charge in [-0.2, -0.15) is 0 Å². The number of hydrogen-bond donors (Lipinski definition) is 0. The third-order valence-electron chi connectivity index (χ3n) is 3.56. The maximum absolute atomic E-state index is 12.9. The van der Waals surface area contributed by atoms with E-state index in [2.05, 4.69) is 6.92 Å². The van der Waals surface area contributed by atoms with Crippen LogP contribution in [0.5, 0.6) is 17.2 Å². The summed E-state index contributed by atoms with van der Waals surface area (Å²) in [4.78, 5) is 12.9. The van der Waals surface area contributed by atoms with Gasteiger partial charge in [-0.25, -0.2) is 0 Å². The second-order valence-electron chi connectivity index (χ2n) is 5.63. The fourth-order valence-corrected chi connectivity index (χ4v) is 3.72. The van der Waals surface area contributed by atoms with Gasteiger partial charge in [0.2, 0.25) is 0 Å². The Morgan fingerprint density at radius 1 is 1.04 bits per heavy atom. The largest absolute Gasteiger partial charge is 0.496 e. The van der Waals surface area contributed by atoms with Crippen molar-refractivity contribution in [2.75, 3.05) is 20.3 Å². The van der Waals surface area contributed by atoms with E-state index in [-0.39, 0.29) is 14.1 Å². The van der Waals surface area contributed by atoms with Crippen LogP contribution >= 0.6 is 20.2 Å². The van der Waals surface area contributed by atoms with Crippen molar-refractivity contribution >= 4 is 31.0 Å². The number of hydrogen-bond acceptors (Lipinski definition) is 4. The van der Waals surface area contributed by atoms with Gasteiger partial charge in [-0.3, -0.25) is 4.79 Å². The molecule has 6 heteroatoms. The summed E-state index contributed by atoms with van der Waals surface area (Å²) in [6.45, 7) is 5.32. The highest BCUT2D eigenvalue weighted by molar-refractivity contribution is 7.66. The maximum Gasteiger partial charge on any atom is 0.190 e. The van der Waals surface area contributed by atoms with Crippen LogP contribution in [0.4, 0.5) is 0 Å². The fraction of sp³-hybridized carbons (Fsp3) is 0.350. The van der Waals surface area contributed by atoms with Crippen LogP contribution in [-0.4, -0.2) is 25.8 Å². The molecule has 140 valence electrons. The Bertz CT molecular complexity index is 749. The molecule has 0 aromatic heterocycles. The van der Waals surface area contributed by atoms with Crippen molar-refractivity contribution in [3.8, 4) is 17.2 Å². The van der Waals surface area contributed by atoms with Crippen LogP contribution in [0.2, 0.25) is 5.02 Å². The van der Waals surface area contributed by atoms with Gasteiger partial charge in [-0.1, -0.05) is 31.5 Å². The van der Waals surface area contributed by atoms with E-state index in [4.69, 9.17) is 25.8 Å². The van der Waals surface area contributed by atoms with Gasteiger partial charge in [0.05, 0.1) is 30.9 Å². The van der Waals surface area contributed by atoms with Crippen LogP contribution in [0.1, 0.15) is 37.0 Å². The van der Waals surface area contributed by atoms with Gasteiger partial charge in [0.1, 0.15) is 17.2 Å². The minimum atomic E-state index is -0.124. The molecule has 1 atom stereocenters. The normalized spacial score (nSPS) is 10.9. The zero-order valence-corrected chi connectivity index (χ0v) is 17.1. The lowest BCUT2D eigenvalue weighted by Crippen LogP contribution is -2.09. The molecule has 1 unspecified atom stereocenters. The number of carbonyl (C=O) groups excluding carboxylic acids is 1. The summed E-state index contributed by atoms with van der Waals surface area (Å²) >= 11 is 6.23. The average Bonchev–Trinajstić information content (AvgIpc) is 2.65. The number of carbonyl (C=O) groups is 1. The second kappa shape index (κ2) is 10.4. The zero-order valence-electron chi connectivity index (χ0n) is 15.3. The van der Waals surface area contributed by atoms with Crippen molar-refractivity contribution in [3.05, 3.63) is 47.0 Å². The van der Waals surface area contributed by atoms with E-state index in [1.165, 1.54) is 7.11 Å². The Kier molecular flexibility index (Phi) is 8.21. The summed E-state index contributed by atoms with van der Waals surface area (Å²) in [7, 11) is 1.41. The molecule has 0 heterocycles. The Labute approximate surface area is 161 Å². The smallest absolute Gasteiger partial charge is 0.190 e. The standard InChI is InChI=1S/C20H24ClO4P/c1-4-11-24-14-9-10-18(17(13-14)25-12-5-2)26-20(22)19-15(21)7-6-8-16(19)23-3/h6-10,13,26H,4-5,11-12H2,1-3H3. The Hall–Kier alpha value is -1.77. The number of ether oxygens (including phenoxy) is 3. The van der Waals surface area contributed by atoms with Crippen LogP contribution in [-0.2, 0) is 0 Å². The predicted octanol–water partition coefficient (Wildman–Crippen LogP) is 5.07. The van der Waals surface area contributed by atoms with Gasteiger partial charge in [-0.15, -0.1) is 0 Å². The van der Waals surface area contributed by atoms with Crippen LogP contribution < -0.4 is 19.5 Å². The predicted molar refractivity (Wildman–Crippen MR) is 108 cm³/mol. The molecular formula is C20H24ClO4P. The lowest BCUT2D eigenvalue weighted by Gasteiger charge is -2.14. The van der Waals surface area contributed by atoms with Crippen molar-refractivity contribution in [2.24, 2.45) is 0 Å². The quantitative estimate of drug-likeness (QED) is 0.528. The summed E-state index contributed by atoms with van der Waals surface area (Å²) in [6, 6.07) is 10.8. The average molecular weight is 395 g/mol. The van der Waals surface area contributed by atoms with Crippen molar-refractivity contribution in [1.29, 1.82) is 0 Å². The summed E-state index contributed by atoms with van der Waals surface area (Å²) in [5, 5.41) is 1.22. The van der Waals surface area contributed by atoms with E-state index in [1.807, 2.05) is 25.1 Å². The molecule has 0 bridgehead atoms.